The van der Waals surface area contributed by atoms with Gasteiger partial charge < -0.3 is 29.5 Å². The minimum Gasteiger partial charge on any atom is -0.492 e. The van der Waals surface area contributed by atoms with Crippen molar-refractivity contribution in [3.05, 3.63) is 29.3 Å². The molecule has 2 saturated heterocycles. The van der Waals surface area contributed by atoms with Gasteiger partial charge in [0.2, 0.25) is 5.88 Å². The van der Waals surface area contributed by atoms with Crippen LogP contribution in [0.5, 0.6) is 11.9 Å². The second-order valence-corrected chi connectivity index (χ2v) is 8.68. The van der Waals surface area contributed by atoms with E-state index < -0.39 is 6.09 Å². The van der Waals surface area contributed by atoms with E-state index in [1.807, 2.05) is 25.1 Å². The van der Waals surface area contributed by atoms with Gasteiger partial charge in [-0.3, -0.25) is 0 Å². The van der Waals surface area contributed by atoms with Crippen molar-refractivity contribution in [2.45, 2.75) is 25.7 Å². The number of aryl methyl sites for hydroxylation is 1. The number of methoxy groups -OCH3 is 1. The molecule has 2 aliphatic heterocycles. The number of anilines is 1. The number of fused-ring (bicyclic) bond motifs is 1. The summed E-state index contributed by atoms with van der Waals surface area (Å²) in [5.41, 5.74) is 2.91. The van der Waals surface area contributed by atoms with Crippen molar-refractivity contribution in [2.24, 2.45) is 0 Å². The SMILES string of the molecule is COc1nc(N2CCOCC2)cc(-n2nc(O)c3cc(C)c(C4CCN(C(=O)O)CC4)cc32)n1. The predicted molar refractivity (Wildman–Crippen MR) is 124 cm³/mol. The largest absolute Gasteiger partial charge is 0.492 e. The Morgan fingerprint density at radius 1 is 1.09 bits per heavy atom. The van der Waals surface area contributed by atoms with Crippen molar-refractivity contribution in [2.75, 3.05) is 51.4 Å². The number of benzene rings is 1. The summed E-state index contributed by atoms with van der Waals surface area (Å²) < 4.78 is 12.4. The summed E-state index contributed by atoms with van der Waals surface area (Å²) in [6.07, 6.45) is 0.630. The van der Waals surface area contributed by atoms with E-state index in [4.69, 9.17) is 9.47 Å². The summed E-state index contributed by atoms with van der Waals surface area (Å²) >= 11 is 0. The van der Waals surface area contributed by atoms with Crippen LogP contribution in [0.1, 0.15) is 29.9 Å². The zero-order valence-corrected chi connectivity index (χ0v) is 19.3. The lowest BCUT2D eigenvalue weighted by Crippen LogP contribution is -2.37. The van der Waals surface area contributed by atoms with Gasteiger partial charge in [-0.05, 0) is 48.9 Å². The number of hydrogen-bond acceptors (Lipinski definition) is 8. The number of aromatic nitrogens is 4. The molecule has 180 valence electrons. The molecule has 3 aromatic rings. The lowest BCUT2D eigenvalue weighted by Gasteiger charge is -2.31. The highest BCUT2D eigenvalue weighted by Gasteiger charge is 2.26. The standard InChI is InChI=1S/C23H28N6O5/c1-14-11-17-18(12-16(14)15-3-5-28(6-4-15)23(31)32)29(26-21(17)30)20-13-19(24-22(25-20)33-2)27-7-9-34-10-8-27/h11-13,15H,3-10H2,1-2H3,(H,26,30)(H,31,32). The van der Waals surface area contributed by atoms with E-state index in [0.29, 0.717) is 56.4 Å². The molecule has 11 nitrogen and oxygen atoms in total. The lowest BCUT2D eigenvalue weighted by molar-refractivity contribution is 0.122. The Bertz CT molecular complexity index is 1210. The molecule has 11 heteroatoms. The molecule has 0 aliphatic carbocycles. The maximum Gasteiger partial charge on any atom is 0.407 e. The molecule has 0 saturated carbocycles. The Morgan fingerprint density at radius 2 is 1.79 bits per heavy atom. The number of nitrogens with zero attached hydrogens (tertiary/aromatic N) is 6. The van der Waals surface area contributed by atoms with Gasteiger partial charge in [0, 0.05) is 32.2 Å². The highest BCUT2D eigenvalue weighted by molar-refractivity contribution is 5.87. The minimum absolute atomic E-state index is 0.0733. The van der Waals surface area contributed by atoms with Crippen LogP contribution >= 0.6 is 0 Å². The van der Waals surface area contributed by atoms with Gasteiger partial charge in [-0.1, -0.05) is 0 Å². The third kappa shape index (κ3) is 4.07. The molecular formula is C23H28N6O5. The number of likely N-dealkylation sites (tertiary alicyclic amines) is 1. The molecule has 0 radical (unpaired) electrons. The Hall–Kier alpha value is -3.60. The number of amides is 1. The smallest absolute Gasteiger partial charge is 0.407 e. The molecule has 2 aromatic heterocycles. The van der Waals surface area contributed by atoms with Gasteiger partial charge in [0.15, 0.2) is 5.82 Å². The van der Waals surface area contributed by atoms with E-state index in [0.717, 1.165) is 29.5 Å². The normalized spacial score (nSPS) is 17.4. The van der Waals surface area contributed by atoms with E-state index in [9.17, 15) is 15.0 Å². The summed E-state index contributed by atoms with van der Waals surface area (Å²) in [6.45, 7) is 5.69. The molecule has 2 aliphatic rings. The molecule has 4 heterocycles. The first kappa shape index (κ1) is 22.2. The molecular weight excluding hydrogens is 440 g/mol. The minimum atomic E-state index is -0.873. The second-order valence-electron chi connectivity index (χ2n) is 8.68. The second kappa shape index (κ2) is 8.98. The van der Waals surface area contributed by atoms with Crippen LogP contribution in [0.25, 0.3) is 16.7 Å². The number of piperidine rings is 1. The fourth-order valence-corrected chi connectivity index (χ4v) is 4.82. The molecule has 2 fully saturated rings. The van der Waals surface area contributed by atoms with Gasteiger partial charge in [0.05, 0.1) is 31.2 Å². The number of ether oxygens (including phenoxy) is 2. The third-order valence-electron chi connectivity index (χ3n) is 6.67. The van der Waals surface area contributed by atoms with Gasteiger partial charge in [0.25, 0.3) is 0 Å². The first-order valence-electron chi connectivity index (χ1n) is 11.4. The number of carboxylic acid groups (broad SMARTS) is 1. The number of carbonyl (C=O) groups is 1. The highest BCUT2D eigenvalue weighted by Crippen LogP contribution is 2.36. The molecule has 34 heavy (non-hydrogen) atoms. The van der Waals surface area contributed by atoms with Crippen molar-refractivity contribution in [3.8, 4) is 17.7 Å². The molecule has 0 unspecified atom stereocenters. The summed E-state index contributed by atoms with van der Waals surface area (Å²) in [5, 5.41) is 24.9. The van der Waals surface area contributed by atoms with Crippen molar-refractivity contribution < 1.29 is 24.5 Å². The topological polar surface area (TPSA) is 126 Å². The Balaban J connectivity index is 1.55. The number of rotatable bonds is 4. The van der Waals surface area contributed by atoms with Crippen LogP contribution in [0, 0.1) is 6.92 Å². The van der Waals surface area contributed by atoms with Crippen LogP contribution in [0.4, 0.5) is 10.6 Å². The zero-order valence-electron chi connectivity index (χ0n) is 19.3. The lowest BCUT2D eigenvalue weighted by atomic mass is 9.86. The van der Waals surface area contributed by atoms with Gasteiger partial charge in [-0.2, -0.15) is 9.97 Å². The average Bonchev–Trinajstić information content (AvgIpc) is 3.19. The van der Waals surface area contributed by atoms with Crippen LogP contribution in [0.2, 0.25) is 0 Å². The van der Waals surface area contributed by atoms with Gasteiger partial charge in [-0.25, -0.2) is 9.48 Å². The van der Waals surface area contributed by atoms with E-state index in [1.54, 1.807) is 4.68 Å². The summed E-state index contributed by atoms with van der Waals surface area (Å²) in [5.74, 6) is 1.36. The predicted octanol–water partition coefficient (Wildman–Crippen LogP) is 2.53. The van der Waals surface area contributed by atoms with Crippen LogP contribution in [-0.4, -0.2) is 87.5 Å². The Morgan fingerprint density at radius 3 is 2.47 bits per heavy atom. The summed E-state index contributed by atoms with van der Waals surface area (Å²) in [4.78, 5) is 23.9. The number of hydrogen-bond donors (Lipinski definition) is 2. The van der Waals surface area contributed by atoms with E-state index in [-0.39, 0.29) is 17.8 Å². The monoisotopic (exact) mass is 468 g/mol. The van der Waals surface area contributed by atoms with Crippen molar-refractivity contribution in [1.82, 2.24) is 24.6 Å². The fourth-order valence-electron chi connectivity index (χ4n) is 4.82. The maximum absolute atomic E-state index is 11.3. The van der Waals surface area contributed by atoms with Gasteiger partial charge in [-0.15, -0.1) is 5.10 Å². The molecule has 2 N–H and O–H groups in total. The molecule has 1 amide bonds. The zero-order chi connectivity index (χ0) is 23.8. The maximum atomic E-state index is 11.3. The van der Waals surface area contributed by atoms with Crippen molar-refractivity contribution >= 4 is 22.8 Å². The van der Waals surface area contributed by atoms with Crippen LogP contribution < -0.4 is 9.64 Å². The molecule has 1 aromatic carbocycles. The Labute approximate surface area is 196 Å². The van der Waals surface area contributed by atoms with Crippen LogP contribution in [-0.2, 0) is 4.74 Å². The fraction of sp³-hybridized carbons (Fsp3) is 0.478. The molecule has 0 atom stereocenters. The Kier molecular flexibility index (Phi) is 5.86. The van der Waals surface area contributed by atoms with E-state index in [2.05, 4.69) is 20.0 Å². The van der Waals surface area contributed by atoms with Gasteiger partial charge >= 0.3 is 12.1 Å². The van der Waals surface area contributed by atoms with E-state index in [1.165, 1.54) is 12.0 Å². The average molecular weight is 469 g/mol. The van der Waals surface area contributed by atoms with E-state index >= 15 is 0 Å². The number of aromatic hydroxyl groups is 1. The van der Waals surface area contributed by atoms with Gasteiger partial charge in [0.1, 0.15) is 5.82 Å². The first-order valence-corrected chi connectivity index (χ1v) is 11.4. The van der Waals surface area contributed by atoms with Crippen molar-refractivity contribution in [1.29, 1.82) is 0 Å². The van der Waals surface area contributed by atoms with Crippen LogP contribution in [0.15, 0.2) is 18.2 Å². The quantitative estimate of drug-likeness (QED) is 0.594. The third-order valence-corrected chi connectivity index (χ3v) is 6.67. The summed E-state index contributed by atoms with van der Waals surface area (Å²) in [7, 11) is 1.52. The highest BCUT2D eigenvalue weighted by atomic mass is 16.5. The molecule has 0 bridgehead atoms. The molecule has 0 spiro atoms. The van der Waals surface area contributed by atoms with Crippen LogP contribution in [0.3, 0.4) is 0 Å². The summed E-state index contributed by atoms with van der Waals surface area (Å²) in [6, 6.07) is 6.04. The number of morpholine rings is 1. The first-order chi connectivity index (χ1) is 16.4. The van der Waals surface area contributed by atoms with Crippen molar-refractivity contribution in [3.63, 3.8) is 0 Å². The molecule has 5 rings (SSSR count).